The molecule has 1 amide bonds. The number of ether oxygens (including phenoxy) is 1. The van der Waals surface area contributed by atoms with Gasteiger partial charge in [-0.2, -0.15) is 0 Å². The van der Waals surface area contributed by atoms with Crippen LogP contribution in [0.3, 0.4) is 0 Å². The third-order valence-corrected chi connectivity index (χ3v) is 6.38. The number of thioether (sulfide) groups is 1. The van der Waals surface area contributed by atoms with Crippen LogP contribution in [-0.4, -0.2) is 39.0 Å². The molecule has 0 aliphatic carbocycles. The summed E-state index contributed by atoms with van der Waals surface area (Å²) in [5.41, 5.74) is 4.30. The predicted molar refractivity (Wildman–Crippen MR) is 134 cm³/mol. The molecule has 3 aromatic carbocycles. The lowest BCUT2D eigenvalue weighted by Gasteiger charge is -2.15. The van der Waals surface area contributed by atoms with Crippen LogP contribution < -0.4 is 10.1 Å². The Hall–Kier alpha value is -3.00. The van der Waals surface area contributed by atoms with Crippen LogP contribution in [0.4, 0.5) is 5.69 Å². The summed E-state index contributed by atoms with van der Waals surface area (Å²) in [4.78, 5) is 17.7. The number of hydrogen-bond donors (Lipinski definition) is 2. The first-order valence-electron chi connectivity index (χ1n) is 10.5. The Morgan fingerprint density at radius 1 is 1.18 bits per heavy atom. The molecule has 170 valence electrons. The molecular formula is C25H24ClN3O3S. The van der Waals surface area contributed by atoms with E-state index in [1.165, 1.54) is 11.8 Å². The Bertz CT molecular complexity index is 1270. The first-order chi connectivity index (χ1) is 16.0. The van der Waals surface area contributed by atoms with Crippen LogP contribution in [0.2, 0.25) is 5.02 Å². The van der Waals surface area contributed by atoms with Crippen LogP contribution >= 0.6 is 23.4 Å². The second-order valence-electron chi connectivity index (χ2n) is 7.52. The highest BCUT2D eigenvalue weighted by Gasteiger charge is 2.21. The van der Waals surface area contributed by atoms with Crippen LogP contribution in [0.25, 0.3) is 16.7 Å². The number of aromatic nitrogens is 2. The molecule has 33 heavy (non-hydrogen) atoms. The summed E-state index contributed by atoms with van der Waals surface area (Å²) in [6.45, 7) is 4.00. The molecule has 0 saturated carbocycles. The molecule has 0 aliphatic rings. The number of carbonyl (C=O) groups is 1. The number of benzene rings is 3. The predicted octanol–water partition coefficient (Wildman–Crippen LogP) is 5.48. The number of aliphatic hydroxyl groups is 1. The third kappa shape index (κ3) is 5.33. The molecule has 1 heterocycles. The number of fused-ring (bicyclic) bond motifs is 1. The standard InChI is InChI=1S/C25H24ClN3O3S/c1-16-7-12-21(20(26)15-16)27-24(31)17(2)33-25-28-22-5-3-4-6-23(22)29(25)18-8-10-19(11-9-18)32-14-13-30/h3-12,15,17,30H,13-14H2,1-2H3,(H,27,31). The number of nitrogens with zero attached hydrogens (tertiary/aromatic N) is 2. The first-order valence-corrected chi connectivity index (χ1v) is 11.8. The zero-order valence-corrected chi connectivity index (χ0v) is 19.9. The molecule has 4 aromatic rings. The van der Waals surface area contributed by atoms with E-state index in [0.717, 1.165) is 22.3 Å². The molecular weight excluding hydrogens is 458 g/mol. The molecule has 8 heteroatoms. The molecule has 4 rings (SSSR count). The number of amides is 1. The van der Waals surface area contributed by atoms with Gasteiger partial charge in [-0.05, 0) is 67.9 Å². The fraction of sp³-hybridized carbons (Fsp3) is 0.200. The quantitative estimate of drug-likeness (QED) is 0.326. The van der Waals surface area contributed by atoms with Gasteiger partial charge >= 0.3 is 0 Å². The Labute approximate surface area is 201 Å². The van der Waals surface area contributed by atoms with Crippen LogP contribution in [0, 0.1) is 6.92 Å². The maximum Gasteiger partial charge on any atom is 0.237 e. The molecule has 0 saturated heterocycles. The summed E-state index contributed by atoms with van der Waals surface area (Å²) in [5, 5.41) is 12.7. The largest absolute Gasteiger partial charge is 0.491 e. The van der Waals surface area contributed by atoms with Crippen molar-refractivity contribution in [3.05, 3.63) is 77.3 Å². The minimum Gasteiger partial charge on any atom is -0.491 e. The summed E-state index contributed by atoms with van der Waals surface area (Å²) in [6.07, 6.45) is 0. The minimum absolute atomic E-state index is 0.0392. The SMILES string of the molecule is Cc1ccc(NC(=O)C(C)Sc2nc3ccccc3n2-c2ccc(OCCO)cc2)c(Cl)c1. The van der Waals surface area contributed by atoms with Gasteiger partial charge < -0.3 is 15.2 Å². The summed E-state index contributed by atoms with van der Waals surface area (Å²) in [7, 11) is 0. The van der Waals surface area contributed by atoms with Gasteiger partial charge in [0.1, 0.15) is 12.4 Å². The average molecular weight is 482 g/mol. The van der Waals surface area contributed by atoms with E-state index in [1.54, 1.807) is 0 Å². The fourth-order valence-corrected chi connectivity index (χ4v) is 4.58. The van der Waals surface area contributed by atoms with E-state index in [4.69, 9.17) is 26.4 Å². The number of halogens is 1. The molecule has 6 nitrogen and oxygen atoms in total. The normalized spacial score (nSPS) is 12.0. The number of anilines is 1. The number of imidazole rings is 1. The summed E-state index contributed by atoms with van der Waals surface area (Å²) in [6, 6.07) is 21.0. The van der Waals surface area contributed by atoms with Crippen molar-refractivity contribution in [2.75, 3.05) is 18.5 Å². The zero-order chi connectivity index (χ0) is 23.4. The van der Waals surface area contributed by atoms with Crippen molar-refractivity contribution in [1.29, 1.82) is 0 Å². The van der Waals surface area contributed by atoms with E-state index in [1.807, 2.05) is 85.1 Å². The minimum atomic E-state index is -0.412. The van der Waals surface area contributed by atoms with Gasteiger partial charge in [0.25, 0.3) is 0 Å². The van der Waals surface area contributed by atoms with Crippen molar-refractivity contribution in [1.82, 2.24) is 9.55 Å². The van der Waals surface area contributed by atoms with E-state index in [-0.39, 0.29) is 19.1 Å². The lowest BCUT2D eigenvalue weighted by Crippen LogP contribution is -2.23. The van der Waals surface area contributed by atoms with Crippen molar-refractivity contribution in [2.45, 2.75) is 24.3 Å². The van der Waals surface area contributed by atoms with Gasteiger partial charge in [0, 0.05) is 5.69 Å². The number of nitrogens with one attached hydrogen (secondary N) is 1. The Balaban J connectivity index is 1.60. The van der Waals surface area contributed by atoms with Crippen molar-refractivity contribution in [2.24, 2.45) is 0 Å². The molecule has 0 aliphatic heterocycles. The number of aliphatic hydroxyl groups excluding tert-OH is 1. The van der Waals surface area contributed by atoms with E-state index in [9.17, 15) is 4.79 Å². The lowest BCUT2D eigenvalue weighted by atomic mass is 10.2. The second-order valence-corrected chi connectivity index (χ2v) is 9.23. The first kappa shape index (κ1) is 23.2. The van der Waals surface area contributed by atoms with Gasteiger partial charge in [0.05, 0.1) is 33.6 Å². The number of para-hydroxylation sites is 2. The Morgan fingerprint density at radius 2 is 1.94 bits per heavy atom. The zero-order valence-electron chi connectivity index (χ0n) is 18.3. The highest BCUT2D eigenvalue weighted by atomic mass is 35.5. The summed E-state index contributed by atoms with van der Waals surface area (Å²) in [5.74, 6) is 0.520. The smallest absolute Gasteiger partial charge is 0.237 e. The van der Waals surface area contributed by atoms with Crippen LogP contribution in [-0.2, 0) is 4.79 Å². The van der Waals surface area contributed by atoms with E-state index >= 15 is 0 Å². The molecule has 1 unspecified atom stereocenters. The monoisotopic (exact) mass is 481 g/mol. The highest BCUT2D eigenvalue weighted by Crippen LogP contribution is 2.32. The van der Waals surface area contributed by atoms with Gasteiger partial charge in [0.15, 0.2) is 5.16 Å². The van der Waals surface area contributed by atoms with Crippen molar-refractivity contribution < 1.29 is 14.6 Å². The molecule has 1 aromatic heterocycles. The topological polar surface area (TPSA) is 76.4 Å². The number of carbonyl (C=O) groups excluding carboxylic acids is 1. The maximum atomic E-state index is 12.9. The number of aryl methyl sites for hydroxylation is 1. The Morgan fingerprint density at radius 3 is 2.67 bits per heavy atom. The van der Waals surface area contributed by atoms with E-state index in [2.05, 4.69) is 5.32 Å². The molecule has 0 spiro atoms. The van der Waals surface area contributed by atoms with Crippen molar-refractivity contribution >= 4 is 46.0 Å². The van der Waals surface area contributed by atoms with Gasteiger partial charge in [0.2, 0.25) is 5.91 Å². The number of rotatable bonds is 8. The van der Waals surface area contributed by atoms with Crippen LogP contribution in [0.1, 0.15) is 12.5 Å². The van der Waals surface area contributed by atoms with Gasteiger partial charge in [-0.3, -0.25) is 9.36 Å². The summed E-state index contributed by atoms with van der Waals surface area (Å²) >= 11 is 7.66. The molecule has 1 atom stereocenters. The number of hydrogen-bond acceptors (Lipinski definition) is 5. The second kappa shape index (κ2) is 10.3. The van der Waals surface area contributed by atoms with E-state index in [0.29, 0.717) is 21.6 Å². The van der Waals surface area contributed by atoms with Crippen LogP contribution in [0.15, 0.2) is 71.9 Å². The van der Waals surface area contributed by atoms with Crippen molar-refractivity contribution in [3.8, 4) is 11.4 Å². The summed E-state index contributed by atoms with van der Waals surface area (Å²) < 4.78 is 7.50. The third-order valence-electron chi connectivity index (χ3n) is 5.02. The van der Waals surface area contributed by atoms with Crippen LogP contribution in [0.5, 0.6) is 5.75 Å². The molecule has 0 fully saturated rings. The average Bonchev–Trinajstić information content (AvgIpc) is 3.17. The molecule has 0 bridgehead atoms. The van der Waals surface area contributed by atoms with E-state index < -0.39 is 5.25 Å². The van der Waals surface area contributed by atoms with Crippen molar-refractivity contribution in [3.63, 3.8) is 0 Å². The highest BCUT2D eigenvalue weighted by molar-refractivity contribution is 8.00. The molecule has 0 radical (unpaired) electrons. The lowest BCUT2D eigenvalue weighted by molar-refractivity contribution is -0.115. The van der Waals surface area contributed by atoms with Gasteiger partial charge in [-0.25, -0.2) is 4.98 Å². The van der Waals surface area contributed by atoms with Gasteiger partial charge in [-0.15, -0.1) is 0 Å². The molecule has 2 N–H and O–H groups in total. The maximum absolute atomic E-state index is 12.9. The fourth-order valence-electron chi connectivity index (χ4n) is 3.35. The Kier molecular flexibility index (Phi) is 7.23. The van der Waals surface area contributed by atoms with Gasteiger partial charge in [-0.1, -0.05) is 41.6 Å².